The molecular weight excluding hydrogens is 407 g/mol. The molecule has 0 aliphatic carbocycles. The molecule has 9 heteroatoms. The zero-order valence-corrected chi connectivity index (χ0v) is 16.0. The lowest BCUT2D eigenvalue weighted by molar-refractivity contribution is -0.144. The van der Waals surface area contributed by atoms with E-state index in [4.69, 9.17) is 9.47 Å². The molecule has 0 unspecified atom stereocenters. The number of benzene rings is 2. The lowest BCUT2D eigenvalue weighted by Crippen LogP contribution is -2.09. The number of hydrogen-bond acceptors (Lipinski definition) is 6. The van der Waals surface area contributed by atoms with Crippen molar-refractivity contribution in [3.8, 4) is 22.1 Å². The van der Waals surface area contributed by atoms with E-state index in [1.165, 1.54) is 48.8 Å². The van der Waals surface area contributed by atoms with Crippen LogP contribution in [0.5, 0.6) is 11.5 Å². The molecule has 0 amide bonds. The van der Waals surface area contributed by atoms with Crippen LogP contribution < -0.4 is 9.47 Å². The second-order valence-electron chi connectivity index (χ2n) is 5.86. The molecule has 29 heavy (non-hydrogen) atoms. The van der Waals surface area contributed by atoms with Gasteiger partial charge in [0.15, 0.2) is 11.5 Å². The predicted octanol–water partition coefficient (Wildman–Crippen LogP) is 4.85. The molecule has 5 nitrogen and oxygen atoms in total. The molecule has 0 atom stereocenters. The number of nitrogens with zero attached hydrogens (tertiary/aromatic N) is 1. The Balaban J connectivity index is 1.58. The number of esters is 1. The van der Waals surface area contributed by atoms with E-state index in [1.807, 2.05) is 0 Å². The summed E-state index contributed by atoms with van der Waals surface area (Å²) in [4.78, 5) is 16.4. The summed E-state index contributed by atoms with van der Waals surface area (Å²) in [5.74, 6) is -0.866. The first kappa shape index (κ1) is 20.7. The van der Waals surface area contributed by atoms with Crippen LogP contribution in [0.15, 0.2) is 47.8 Å². The Bertz CT molecular complexity index is 993. The van der Waals surface area contributed by atoms with E-state index in [9.17, 15) is 18.0 Å². The van der Waals surface area contributed by atoms with Crippen LogP contribution in [-0.2, 0) is 22.6 Å². The number of halogens is 3. The quantitative estimate of drug-likeness (QED) is 0.485. The molecule has 0 saturated carbocycles. The van der Waals surface area contributed by atoms with Gasteiger partial charge < -0.3 is 14.2 Å². The maximum Gasteiger partial charge on any atom is 0.387 e. The number of methoxy groups -OCH3 is 1. The van der Waals surface area contributed by atoms with Crippen LogP contribution in [0.3, 0.4) is 0 Å². The van der Waals surface area contributed by atoms with Gasteiger partial charge in [0, 0.05) is 10.9 Å². The number of rotatable bonds is 8. The van der Waals surface area contributed by atoms with Crippen molar-refractivity contribution in [2.24, 2.45) is 0 Å². The zero-order valence-electron chi connectivity index (χ0n) is 15.2. The summed E-state index contributed by atoms with van der Waals surface area (Å²) >= 11 is 1.30. The minimum Gasteiger partial charge on any atom is -0.493 e. The Morgan fingerprint density at radius 1 is 1.17 bits per heavy atom. The molecule has 1 aromatic heterocycles. The SMILES string of the molecule is COc1cc(COC(=O)Cc2csc(-c3cccc(F)c3)n2)ccc1OC(F)F. The van der Waals surface area contributed by atoms with Crippen LogP contribution in [0.2, 0.25) is 0 Å². The molecule has 0 radical (unpaired) electrons. The van der Waals surface area contributed by atoms with Gasteiger partial charge >= 0.3 is 12.6 Å². The molecule has 0 N–H and O–H groups in total. The van der Waals surface area contributed by atoms with Gasteiger partial charge in [-0.2, -0.15) is 8.78 Å². The van der Waals surface area contributed by atoms with Gasteiger partial charge in [-0.1, -0.05) is 18.2 Å². The number of alkyl halides is 2. The normalized spacial score (nSPS) is 10.8. The lowest BCUT2D eigenvalue weighted by Gasteiger charge is -2.11. The summed E-state index contributed by atoms with van der Waals surface area (Å²) in [6.07, 6.45) is -0.0461. The molecule has 3 aromatic rings. The van der Waals surface area contributed by atoms with Crippen molar-refractivity contribution in [2.75, 3.05) is 7.11 Å². The molecule has 2 aromatic carbocycles. The summed E-state index contributed by atoms with van der Waals surface area (Å²) in [6.45, 7) is -3.03. The van der Waals surface area contributed by atoms with Crippen molar-refractivity contribution in [3.63, 3.8) is 0 Å². The minimum absolute atomic E-state index is 0.0461. The second kappa shape index (κ2) is 9.42. The van der Waals surface area contributed by atoms with Crippen LogP contribution >= 0.6 is 11.3 Å². The van der Waals surface area contributed by atoms with Crippen molar-refractivity contribution in [1.82, 2.24) is 4.98 Å². The highest BCUT2D eigenvalue weighted by Gasteiger charge is 2.13. The van der Waals surface area contributed by atoms with E-state index in [0.29, 0.717) is 21.8 Å². The monoisotopic (exact) mass is 423 g/mol. The van der Waals surface area contributed by atoms with Gasteiger partial charge in [0.2, 0.25) is 0 Å². The maximum absolute atomic E-state index is 13.3. The van der Waals surface area contributed by atoms with Crippen molar-refractivity contribution >= 4 is 17.3 Å². The summed E-state index contributed by atoms with van der Waals surface area (Å²) in [7, 11) is 1.32. The van der Waals surface area contributed by atoms with Crippen molar-refractivity contribution in [1.29, 1.82) is 0 Å². The average molecular weight is 423 g/mol. The van der Waals surface area contributed by atoms with Crippen molar-refractivity contribution in [2.45, 2.75) is 19.6 Å². The summed E-state index contributed by atoms with van der Waals surface area (Å²) in [5, 5.41) is 2.31. The molecule has 0 aliphatic heterocycles. The van der Waals surface area contributed by atoms with Gasteiger partial charge in [0.05, 0.1) is 19.2 Å². The van der Waals surface area contributed by atoms with Gasteiger partial charge in [-0.25, -0.2) is 9.37 Å². The average Bonchev–Trinajstić information content (AvgIpc) is 3.15. The van der Waals surface area contributed by atoms with E-state index >= 15 is 0 Å². The van der Waals surface area contributed by atoms with Crippen LogP contribution in [0.25, 0.3) is 10.6 Å². The Kier molecular flexibility index (Phi) is 6.71. The van der Waals surface area contributed by atoms with E-state index in [1.54, 1.807) is 17.5 Å². The van der Waals surface area contributed by atoms with E-state index in [2.05, 4.69) is 9.72 Å². The fraction of sp³-hybridized carbons (Fsp3) is 0.200. The summed E-state index contributed by atoms with van der Waals surface area (Å²) < 4.78 is 52.6. The summed E-state index contributed by atoms with van der Waals surface area (Å²) in [6, 6.07) is 10.3. The number of aromatic nitrogens is 1. The first-order chi connectivity index (χ1) is 13.9. The molecule has 1 heterocycles. The molecular formula is C20H16F3NO4S. The van der Waals surface area contributed by atoms with Crippen molar-refractivity contribution < 1.29 is 32.2 Å². The van der Waals surface area contributed by atoms with Gasteiger partial charge in [-0.05, 0) is 29.8 Å². The molecule has 0 aliphatic rings. The van der Waals surface area contributed by atoms with Gasteiger partial charge in [-0.3, -0.25) is 4.79 Å². The fourth-order valence-corrected chi connectivity index (χ4v) is 3.32. The third kappa shape index (κ3) is 5.71. The summed E-state index contributed by atoms with van der Waals surface area (Å²) in [5.41, 5.74) is 1.70. The van der Waals surface area contributed by atoms with E-state index in [0.717, 1.165) is 0 Å². The zero-order chi connectivity index (χ0) is 20.8. The van der Waals surface area contributed by atoms with Crippen molar-refractivity contribution in [3.05, 3.63) is 64.9 Å². The highest BCUT2D eigenvalue weighted by molar-refractivity contribution is 7.13. The fourth-order valence-electron chi connectivity index (χ4n) is 2.50. The largest absolute Gasteiger partial charge is 0.493 e. The van der Waals surface area contributed by atoms with Crippen LogP contribution in [0, 0.1) is 5.82 Å². The molecule has 152 valence electrons. The number of carbonyl (C=O) groups excluding carboxylic acids is 1. The molecule has 0 saturated heterocycles. The first-order valence-corrected chi connectivity index (χ1v) is 9.30. The lowest BCUT2D eigenvalue weighted by atomic mass is 10.2. The third-order valence-electron chi connectivity index (χ3n) is 3.79. The minimum atomic E-state index is -2.97. The molecule has 0 bridgehead atoms. The highest BCUT2D eigenvalue weighted by atomic mass is 32.1. The number of ether oxygens (including phenoxy) is 3. The number of thiazole rings is 1. The van der Waals surface area contributed by atoms with Crippen LogP contribution in [-0.4, -0.2) is 24.7 Å². The molecule has 0 fully saturated rings. The third-order valence-corrected chi connectivity index (χ3v) is 4.73. The van der Waals surface area contributed by atoms with E-state index in [-0.39, 0.29) is 30.3 Å². The Labute approximate surface area is 168 Å². The Morgan fingerprint density at radius 2 is 2.00 bits per heavy atom. The Morgan fingerprint density at radius 3 is 2.72 bits per heavy atom. The Hall–Kier alpha value is -3.07. The standard InChI is InChI=1S/C20H16F3NO4S/c1-26-17-7-12(5-6-16(17)28-20(22)23)10-27-18(25)9-15-11-29-19(24-15)13-3-2-4-14(21)8-13/h2-8,11,20H,9-10H2,1H3. The predicted molar refractivity (Wildman–Crippen MR) is 101 cm³/mol. The van der Waals surface area contributed by atoms with Gasteiger partial charge in [0.25, 0.3) is 0 Å². The number of carbonyl (C=O) groups is 1. The second-order valence-corrected chi connectivity index (χ2v) is 6.71. The maximum atomic E-state index is 13.3. The first-order valence-electron chi connectivity index (χ1n) is 8.42. The smallest absolute Gasteiger partial charge is 0.387 e. The van der Waals surface area contributed by atoms with Gasteiger partial charge in [-0.15, -0.1) is 11.3 Å². The van der Waals surface area contributed by atoms with Crippen LogP contribution in [0.4, 0.5) is 13.2 Å². The molecule has 3 rings (SSSR count). The topological polar surface area (TPSA) is 57.7 Å². The molecule has 0 spiro atoms. The van der Waals surface area contributed by atoms with Crippen LogP contribution in [0.1, 0.15) is 11.3 Å². The number of hydrogen-bond donors (Lipinski definition) is 0. The highest BCUT2D eigenvalue weighted by Crippen LogP contribution is 2.30. The van der Waals surface area contributed by atoms with E-state index < -0.39 is 12.6 Å². The van der Waals surface area contributed by atoms with Gasteiger partial charge in [0.1, 0.15) is 17.4 Å².